The second kappa shape index (κ2) is 9.97. The van der Waals surface area contributed by atoms with Crippen LogP contribution in [0.2, 0.25) is 0 Å². The molecule has 3 aromatic carbocycles. The zero-order valence-corrected chi connectivity index (χ0v) is 16.3. The number of carbonyl (C=O) groups is 2. The highest BCUT2D eigenvalue weighted by molar-refractivity contribution is 6.39. The van der Waals surface area contributed by atoms with E-state index in [4.69, 9.17) is 4.74 Å². The minimum Gasteiger partial charge on any atom is -0.489 e. The van der Waals surface area contributed by atoms with Crippen molar-refractivity contribution in [2.75, 3.05) is 5.32 Å². The monoisotopic (exact) mass is 405 g/mol. The SMILES string of the molecule is Cc1ccccc1NC(=O)C(=O)N/N=C\c1cccc(OCc2cccc(F)c2)c1. The molecule has 7 heteroatoms. The predicted molar refractivity (Wildman–Crippen MR) is 113 cm³/mol. The zero-order chi connectivity index (χ0) is 21.3. The molecule has 0 bridgehead atoms. The molecule has 0 aliphatic heterocycles. The lowest BCUT2D eigenvalue weighted by Crippen LogP contribution is -2.32. The Hall–Kier alpha value is -4.00. The number of hydrogen-bond acceptors (Lipinski definition) is 4. The molecular formula is C23H20FN3O3. The highest BCUT2D eigenvalue weighted by Crippen LogP contribution is 2.15. The molecule has 2 amide bonds. The summed E-state index contributed by atoms with van der Waals surface area (Å²) in [5, 5.41) is 6.34. The van der Waals surface area contributed by atoms with Crippen LogP contribution in [-0.2, 0) is 16.2 Å². The van der Waals surface area contributed by atoms with Crippen molar-refractivity contribution in [3.63, 3.8) is 0 Å². The molecule has 0 unspecified atom stereocenters. The number of halogens is 1. The Balaban J connectivity index is 1.53. The van der Waals surface area contributed by atoms with Crippen LogP contribution in [0.25, 0.3) is 0 Å². The molecule has 0 aromatic heterocycles. The van der Waals surface area contributed by atoms with Crippen LogP contribution < -0.4 is 15.5 Å². The molecule has 0 saturated heterocycles. The number of hydrogen-bond donors (Lipinski definition) is 2. The summed E-state index contributed by atoms with van der Waals surface area (Å²) in [6.07, 6.45) is 1.40. The van der Waals surface area contributed by atoms with Crippen molar-refractivity contribution in [2.24, 2.45) is 5.10 Å². The number of ether oxygens (including phenoxy) is 1. The summed E-state index contributed by atoms with van der Waals surface area (Å²) in [6.45, 7) is 2.04. The number of nitrogens with zero attached hydrogens (tertiary/aromatic N) is 1. The molecule has 0 radical (unpaired) electrons. The Labute approximate surface area is 173 Å². The van der Waals surface area contributed by atoms with Gasteiger partial charge in [0.2, 0.25) is 0 Å². The van der Waals surface area contributed by atoms with E-state index < -0.39 is 11.8 Å². The van der Waals surface area contributed by atoms with Crippen LogP contribution in [0.3, 0.4) is 0 Å². The minimum atomic E-state index is -0.881. The van der Waals surface area contributed by atoms with Crippen LogP contribution >= 0.6 is 0 Å². The maximum atomic E-state index is 13.2. The third-order valence-electron chi connectivity index (χ3n) is 4.13. The minimum absolute atomic E-state index is 0.216. The third-order valence-corrected chi connectivity index (χ3v) is 4.13. The van der Waals surface area contributed by atoms with Gasteiger partial charge in [-0.1, -0.05) is 42.5 Å². The standard InChI is InChI=1S/C23H20FN3O3/c1-16-6-2-3-11-21(16)26-22(28)23(29)27-25-14-17-7-5-10-20(13-17)30-15-18-8-4-9-19(24)12-18/h2-14H,15H2,1H3,(H,26,28)(H,27,29)/b25-14-. The van der Waals surface area contributed by atoms with Crippen LogP contribution in [0.5, 0.6) is 5.75 Å². The second-order valence-electron chi connectivity index (χ2n) is 6.46. The Morgan fingerprint density at radius 1 is 1.00 bits per heavy atom. The van der Waals surface area contributed by atoms with E-state index in [0.717, 1.165) is 5.56 Å². The van der Waals surface area contributed by atoms with E-state index in [1.165, 1.54) is 18.3 Å². The van der Waals surface area contributed by atoms with E-state index >= 15 is 0 Å². The maximum Gasteiger partial charge on any atom is 0.329 e. The van der Waals surface area contributed by atoms with Crippen LogP contribution in [-0.4, -0.2) is 18.0 Å². The molecule has 152 valence electrons. The second-order valence-corrected chi connectivity index (χ2v) is 6.46. The van der Waals surface area contributed by atoms with Crippen LogP contribution in [0.4, 0.5) is 10.1 Å². The molecule has 0 aliphatic carbocycles. The molecular weight excluding hydrogens is 385 g/mol. The van der Waals surface area contributed by atoms with Gasteiger partial charge in [-0.05, 0) is 53.9 Å². The Morgan fingerprint density at radius 2 is 1.80 bits per heavy atom. The quantitative estimate of drug-likeness (QED) is 0.372. The molecule has 3 aromatic rings. The van der Waals surface area contributed by atoms with E-state index in [0.29, 0.717) is 22.6 Å². The van der Waals surface area contributed by atoms with E-state index in [1.807, 2.05) is 19.1 Å². The smallest absolute Gasteiger partial charge is 0.329 e. The number of nitrogens with one attached hydrogen (secondary N) is 2. The van der Waals surface area contributed by atoms with Crippen molar-refractivity contribution < 1.29 is 18.7 Å². The van der Waals surface area contributed by atoms with Crippen molar-refractivity contribution in [1.82, 2.24) is 5.43 Å². The van der Waals surface area contributed by atoms with Gasteiger partial charge in [0, 0.05) is 5.69 Å². The van der Waals surface area contributed by atoms with Crippen molar-refractivity contribution in [1.29, 1.82) is 0 Å². The largest absolute Gasteiger partial charge is 0.489 e. The van der Waals surface area contributed by atoms with E-state index in [2.05, 4.69) is 15.8 Å². The van der Waals surface area contributed by atoms with E-state index in [9.17, 15) is 14.0 Å². The zero-order valence-electron chi connectivity index (χ0n) is 16.3. The first kappa shape index (κ1) is 20.7. The third kappa shape index (κ3) is 6.00. The molecule has 3 rings (SSSR count). The van der Waals surface area contributed by atoms with Gasteiger partial charge in [0.15, 0.2) is 0 Å². The van der Waals surface area contributed by atoms with Crippen molar-refractivity contribution >= 4 is 23.7 Å². The van der Waals surface area contributed by atoms with Crippen LogP contribution in [0.15, 0.2) is 77.9 Å². The molecule has 0 spiro atoms. The van der Waals surface area contributed by atoms with Crippen LogP contribution in [0.1, 0.15) is 16.7 Å². The molecule has 30 heavy (non-hydrogen) atoms. The maximum absolute atomic E-state index is 13.2. The lowest BCUT2D eigenvalue weighted by Gasteiger charge is -2.07. The first-order valence-corrected chi connectivity index (χ1v) is 9.18. The molecule has 2 N–H and O–H groups in total. The Bertz CT molecular complexity index is 1080. The number of aryl methyl sites for hydroxylation is 1. The number of amides is 2. The van der Waals surface area contributed by atoms with Gasteiger partial charge in [0.05, 0.1) is 6.21 Å². The normalized spacial score (nSPS) is 10.6. The lowest BCUT2D eigenvalue weighted by atomic mass is 10.2. The molecule has 6 nitrogen and oxygen atoms in total. The summed E-state index contributed by atoms with van der Waals surface area (Å²) >= 11 is 0. The Morgan fingerprint density at radius 3 is 2.60 bits per heavy atom. The summed E-state index contributed by atoms with van der Waals surface area (Å²) < 4.78 is 18.9. The van der Waals surface area contributed by atoms with Gasteiger partial charge in [-0.3, -0.25) is 9.59 Å². The van der Waals surface area contributed by atoms with E-state index in [-0.39, 0.29) is 12.4 Å². The number of carbonyl (C=O) groups excluding carboxylic acids is 2. The number of rotatable bonds is 6. The highest BCUT2D eigenvalue weighted by Gasteiger charge is 2.13. The molecule has 0 atom stereocenters. The van der Waals surface area contributed by atoms with Gasteiger partial charge >= 0.3 is 11.8 Å². The first-order chi connectivity index (χ1) is 14.5. The van der Waals surface area contributed by atoms with Gasteiger partial charge in [-0.15, -0.1) is 0 Å². The fraction of sp³-hybridized carbons (Fsp3) is 0.0870. The van der Waals surface area contributed by atoms with Crippen LogP contribution in [0, 0.1) is 12.7 Å². The number of benzene rings is 3. The van der Waals surface area contributed by atoms with Crippen molar-refractivity contribution in [3.8, 4) is 5.75 Å². The molecule has 0 saturated carbocycles. The summed E-state index contributed by atoms with van der Waals surface area (Å²) in [5.41, 5.74) is 4.96. The van der Waals surface area contributed by atoms with Gasteiger partial charge in [0.25, 0.3) is 0 Å². The topological polar surface area (TPSA) is 79.8 Å². The number of anilines is 1. The van der Waals surface area contributed by atoms with Gasteiger partial charge in [0.1, 0.15) is 18.2 Å². The first-order valence-electron chi connectivity index (χ1n) is 9.18. The van der Waals surface area contributed by atoms with Crippen molar-refractivity contribution in [3.05, 3.63) is 95.3 Å². The summed E-state index contributed by atoms with van der Waals surface area (Å²) in [4.78, 5) is 23.9. The van der Waals surface area contributed by atoms with E-state index in [1.54, 1.807) is 48.5 Å². The number of para-hydroxylation sites is 1. The summed E-state index contributed by atoms with van der Waals surface area (Å²) in [7, 11) is 0. The lowest BCUT2D eigenvalue weighted by molar-refractivity contribution is -0.136. The average molecular weight is 405 g/mol. The fourth-order valence-electron chi connectivity index (χ4n) is 2.59. The average Bonchev–Trinajstić information content (AvgIpc) is 2.74. The number of hydrazone groups is 1. The summed E-state index contributed by atoms with van der Waals surface area (Å²) in [6, 6.07) is 20.3. The molecule has 0 heterocycles. The van der Waals surface area contributed by atoms with Gasteiger partial charge in [-0.25, -0.2) is 9.82 Å². The summed E-state index contributed by atoms with van der Waals surface area (Å²) in [5.74, 6) is -1.45. The highest BCUT2D eigenvalue weighted by atomic mass is 19.1. The van der Waals surface area contributed by atoms with Gasteiger partial charge in [-0.2, -0.15) is 5.10 Å². The van der Waals surface area contributed by atoms with Gasteiger partial charge < -0.3 is 10.1 Å². The molecule has 0 fully saturated rings. The predicted octanol–water partition coefficient (Wildman–Crippen LogP) is 3.80. The fourth-order valence-corrected chi connectivity index (χ4v) is 2.59. The van der Waals surface area contributed by atoms with Crippen molar-refractivity contribution in [2.45, 2.75) is 13.5 Å². The molecule has 0 aliphatic rings. The Kier molecular flexibility index (Phi) is 6.89.